The van der Waals surface area contributed by atoms with Gasteiger partial charge in [-0.15, -0.1) is 0 Å². The molecular weight excluding hydrogens is 480 g/mol. The fraction of sp³-hybridized carbons (Fsp3) is 0.241. The number of aromatic nitrogens is 2. The summed E-state index contributed by atoms with van der Waals surface area (Å²) in [4.78, 5) is 34.1. The zero-order valence-electron chi connectivity index (χ0n) is 21.1. The molecule has 0 bridgehead atoms. The van der Waals surface area contributed by atoms with Crippen molar-refractivity contribution in [1.29, 1.82) is 0 Å². The van der Waals surface area contributed by atoms with Crippen molar-refractivity contribution in [3.05, 3.63) is 111 Å². The van der Waals surface area contributed by atoms with Crippen LogP contribution in [0.5, 0.6) is 0 Å². The fourth-order valence-electron chi connectivity index (χ4n) is 5.46. The van der Waals surface area contributed by atoms with Gasteiger partial charge in [-0.05, 0) is 42.3 Å². The zero-order valence-corrected chi connectivity index (χ0v) is 21.1. The van der Waals surface area contributed by atoms with Crippen molar-refractivity contribution in [3.63, 3.8) is 0 Å². The van der Waals surface area contributed by atoms with E-state index in [0.717, 1.165) is 41.9 Å². The molecule has 1 saturated heterocycles. The molecule has 0 aliphatic carbocycles. The molecule has 1 unspecified atom stereocenters. The van der Waals surface area contributed by atoms with Gasteiger partial charge in [0.2, 0.25) is 5.95 Å². The number of nitrogens with zero attached hydrogens (tertiary/aromatic N) is 5. The lowest BCUT2D eigenvalue weighted by Crippen LogP contribution is -2.49. The minimum atomic E-state index is -0.464. The highest BCUT2D eigenvalue weighted by Gasteiger charge is 2.37. The van der Waals surface area contributed by atoms with Crippen molar-refractivity contribution in [2.24, 2.45) is 0 Å². The van der Waals surface area contributed by atoms with Crippen LogP contribution >= 0.6 is 0 Å². The van der Waals surface area contributed by atoms with E-state index in [0.29, 0.717) is 24.6 Å². The van der Waals surface area contributed by atoms with Crippen molar-refractivity contribution in [2.75, 3.05) is 31.5 Å². The lowest BCUT2D eigenvalue weighted by molar-refractivity contribution is -0.384. The van der Waals surface area contributed by atoms with Gasteiger partial charge in [-0.25, -0.2) is 4.98 Å². The van der Waals surface area contributed by atoms with E-state index in [1.54, 1.807) is 12.1 Å². The number of nitro groups is 1. The molecule has 0 spiro atoms. The number of fused-ring (bicyclic) bond motifs is 3. The molecule has 1 amide bonds. The van der Waals surface area contributed by atoms with E-state index >= 15 is 0 Å². The summed E-state index contributed by atoms with van der Waals surface area (Å²) in [5.74, 6) is 0.623. The van der Waals surface area contributed by atoms with Gasteiger partial charge in [-0.3, -0.25) is 24.4 Å². The predicted molar refractivity (Wildman–Crippen MR) is 146 cm³/mol. The average Bonchev–Trinajstić information content (AvgIpc) is 3.31. The Hall–Kier alpha value is -4.50. The van der Waals surface area contributed by atoms with E-state index in [4.69, 9.17) is 4.98 Å². The Bertz CT molecular complexity index is 1540. The number of para-hydroxylation sites is 2. The van der Waals surface area contributed by atoms with Crippen LogP contribution in [0.2, 0.25) is 0 Å². The molecule has 3 aromatic carbocycles. The van der Waals surface area contributed by atoms with Crippen LogP contribution in [0, 0.1) is 10.1 Å². The molecule has 9 nitrogen and oxygen atoms in total. The summed E-state index contributed by atoms with van der Waals surface area (Å²) in [6, 6.07) is 24.2. The maximum absolute atomic E-state index is 14.1. The number of benzene rings is 3. The van der Waals surface area contributed by atoms with Gasteiger partial charge in [0.05, 0.1) is 27.6 Å². The quantitative estimate of drug-likeness (QED) is 0.313. The van der Waals surface area contributed by atoms with Gasteiger partial charge in [0.15, 0.2) is 0 Å². The van der Waals surface area contributed by atoms with Crippen molar-refractivity contribution in [1.82, 2.24) is 19.4 Å². The highest BCUT2D eigenvalue weighted by Crippen LogP contribution is 2.40. The first kappa shape index (κ1) is 23.9. The zero-order chi connectivity index (χ0) is 26.2. The SMILES string of the molecule is CC1=C(C(=O)N2CCN(Cc3ccccc3)CC2)C(c2ccc([N+](=O)[O-])cc2)n2c(nc3ccccc32)N1. The molecule has 192 valence electrons. The van der Waals surface area contributed by atoms with Crippen molar-refractivity contribution in [2.45, 2.75) is 19.5 Å². The monoisotopic (exact) mass is 508 g/mol. The first-order chi connectivity index (χ1) is 18.5. The van der Waals surface area contributed by atoms with Crippen LogP contribution < -0.4 is 5.32 Å². The summed E-state index contributed by atoms with van der Waals surface area (Å²) in [5.41, 5.74) is 5.16. The van der Waals surface area contributed by atoms with Crippen LogP contribution in [0.4, 0.5) is 11.6 Å². The highest BCUT2D eigenvalue weighted by atomic mass is 16.6. The number of rotatable bonds is 5. The standard InChI is InChI=1S/C29H28N6O3/c1-20-26(28(36)33-17-15-32(16-18-33)19-21-7-3-2-4-8-21)27(22-11-13-23(14-12-22)35(37)38)34-25-10-6-5-9-24(25)31-29(34)30-20/h2-14,27H,15-19H2,1H3,(H,30,31). The number of carbonyl (C=O) groups excluding carboxylic acids is 1. The third-order valence-corrected chi connectivity index (χ3v) is 7.39. The Morgan fingerprint density at radius 1 is 0.974 bits per heavy atom. The number of carbonyl (C=O) groups is 1. The van der Waals surface area contributed by atoms with Crippen molar-refractivity contribution < 1.29 is 9.72 Å². The molecule has 1 atom stereocenters. The fourth-order valence-corrected chi connectivity index (χ4v) is 5.46. The summed E-state index contributed by atoms with van der Waals surface area (Å²) in [7, 11) is 0. The average molecular weight is 509 g/mol. The number of hydrogen-bond donors (Lipinski definition) is 1. The molecule has 0 saturated carbocycles. The molecule has 1 fully saturated rings. The highest BCUT2D eigenvalue weighted by molar-refractivity contribution is 5.98. The molecule has 4 aromatic rings. The number of anilines is 1. The van der Waals surface area contributed by atoms with Crippen LogP contribution in [-0.2, 0) is 11.3 Å². The van der Waals surface area contributed by atoms with Gasteiger partial charge in [0.1, 0.15) is 0 Å². The van der Waals surface area contributed by atoms with Gasteiger partial charge in [-0.1, -0.05) is 42.5 Å². The molecule has 2 aliphatic heterocycles. The number of nitrogens with one attached hydrogen (secondary N) is 1. The van der Waals surface area contributed by atoms with Gasteiger partial charge in [0.25, 0.3) is 11.6 Å². The minimum Gasteiger partial charge on any atom is -0.336 e. The molecule has 1 aromatic heterocycles. The third kappa shape index (κ3) is 4.31. The van der Waals surface area contributed by atoms with E-state index in [9.17, 15) is 14.9 Å². The van der Waals surface area contributed by atoms with E-state index in [-0.39, 0.29) is 11.6 Å². The van der Waals surface area contributed by atoms with Gasteiger partial charge < -0.3 is 10.2 Å². The molecule has 38 heavy (non-hydrogen) atoms. The summed E-state index contributed by atoms with van der Waals surface area (Å²) in [5, 5.41) is 14.7. The number of non-ortho nitro benzene ring substituents is 1. The first-order valence-electron chi connectivity index (χ1n) is 12.7. The Morgan fingerprint density at radius 3 is 2.37 bits per heavy atom. The Morgan fingerprint density at radius 2 is 1.66 bits per heavy atom. The molecule has 0 radical (unpaired) electrons. The second-order valence-corrected chi connectivity index (χ2v) is 9.76. The summed E-state index contributed by atoms with van der Waals surface area (Å²) in [6.07, 6.45) is 0. The topological polar surface area (TPSA) is 96.5 Å². The summed E-state index contributed by atoms with van der Waals surface area (Å²) in [6.45, 7) is 5.62. The number of hydrogen-bond acceptors (Lipinski definition) is 6. The molecule has 6 rings (SSSR count). The molecule has 2 aliphatic rings. The lowest BCUT2D eigenvalue weighted by Gasteiger charge is -2.38. The predicted octanol–water partition coefficient (Wildman–Crippen LogP) is 4.58. The molecule has 1 N–H and O–H groups in total. The van der Waals surface area contributed by atoms with Crippen LogP contribution in [0.25, 0.3) is 11.0 Å². The largest absolute Gasteiger partial charge is 0.336 e. The molecule has 9 heteroatoms. The van der Waals surface area contributed by atoms with Crippen LogP contribution in [0.15, 0.2) is 90.1 Å². The van der Waals surface area contributed by atoms with E-state index < -0.39 is 11.0 Å². The second-order valence-electron chi connectivity index (χ2n) is 9.76. The lowest BCUT2D eigenvalue weighted by atomic mass is 9.93. The normalized spacial score (nSPS) is 17.8. The van der Waals surface area contributed by atoms with Crippen LogP contribution in [0.3, 0.4) is 0 Å². The number of piperazine rings is 1. The van der Waals surface area contributed by atoms with Gasteiger partial charge >= 0.3 is 0 Å². The van der Waals surface area contributed by atoms with Gasteiger partial charge in [-0.2, -0.15) is 0 Å². The van der Waals surface area contributed by atoms with Gasteiger partial charge in [0, 0.05) is 50.6 Å². The number of allylic oxidation sites excluding steroid dienone is 1. The molecule has 3 heterocycles. The summed E-state index contributed by atoms with van der Waals surface area (Å²) < 4.78 is 2.03. The summed E-state index contributed by atoms with van der Waals surface area (Å²) >= 11 is 0. The first-order valence-corrected chi connectivity index (χ1v) is 12.7. The Balaban J connectivity index is 1.33. The molecular formula is C29H28N6O3. The van der Waals surface area contributed by atoms with Crippen molar-refractivity contribution in [3.8, 4) is 0 Å². The van der Waals surface area contributed by atoms with E-state index in [1.165, 1.54) is 17.7 Å². The number of imidazole rings is 1. The Labute approximate surface area is 220 Å². The van der Waals surface area contributed by atoms with E-state index in [1.807, 2.05) is 58.9 Å². The van der Waals surface area contributed by atoms with Crippen molar-refractivity contribution >= 4 is 28.6 Å². The number of nitro benzene ring substituents is 1. The maximum Gasteiger partial charge on any atom is 0.269 e. The van der Waals surface area contributed by atoms with Crippen LogP contribution in [0.1, 0.15) is 24.1 Å². The second kappa shape index (κ2) is 9.75. The Kier molecular flexibility index (Phi) is 6.13. The number of amides is 1. The van der Waals surface area contributed by atoms with E-state index in [2.05, 4.69) is 22.3 Å². The smallest absolute Gasteiger partial charge is 0.269 e. The van der Waals surface area contributed by atoms with Crippen LogP contribution in [-0.4, -0.2) is 56.4 Å². The minimum absolute atomic E-state index is 0.0153. The maximum atomic E-state index is 14.1. The third-order valence-electron chi connectivity index (χ3n) is 7.39.